The molecule has 0 spiro atoms. The molecule has 1 heterocycles. The van der Waals surface area contributed by atoms with E-state index in [0.29, 0.717) is 28.6 Å². The molecule has 2 aromatic carbocycles. The molecule has 2 aromatic rings. The van der Waals surface area contributed by atoms with Gasteiger partial charge in [-0.2, -0.15) is 5.10 Å². The van der Waals surface area contributed by atoms with Gasteiger partial charge in [0.1, 0.15) is 11.0 Å². The lowest BCUT2D eigenvalue weighted by Crippen LogP contribution is -2.31. The minimum absolute atomic E-state index is 0.0443. The first kappa shape index (κ1) is 22.8. The second kappa shape index (κ2) is 11.0. The number of anilines is 1. The van der Waals surface area contributed by atoms with Gasteiger partial charge in [-0.1, -0.05) is 54.9 Å². The number of hydrogen-bond donors (Lipinski definition) is 1. The molecular formula is C22H23ClN4O3S. The van der Waals surface area contributed by atoms with Gasteiger partial charge in [-0.25, -0.2) is 4.90 Å². The minimum Gasteiger partial charge on any atom is -0.494 e. The lowest BCUT2D eigenvalue weighted by molar-refractivity contribution is -0.121. The largest absolute Gasteiger partial charge is 0.494 e. The van der Waals surface area contributed by atoms with Gasteiger partial charge in [0.2, 0.25) is 11.8 Å². The summed E-state index contributed by atoms with van der Waals surface area (Å²) in [6.45, 7) is 2.72. The Hall–Kier alpha value is -2.84. The van der Waals surface area contributed by atoms with Gasteiger partial charge in [0.05, 0.1) is 18.5 Å². The van der Waals surface area contributed by atoms with Gasteiger partial charge in [-0.15, -0.1) is 5.10 Å². The number of amides is 2. The maximum Gasteiger partial charge on any atom is 0.247 e. The van der Waals surface area contributed by atoms with Crippen LogP contribution in [0.25, 0.3) is 0 Å². The lowest BCUT2D eigenvalue weighted by atomic mass is 10.2. The van der Waals surface area contributed by atoms with Crippen molar-refractivity contribution in [2.24, 2.45) is 15.9 Å². The number of thioether (sulfide) groups is 1. The molecule has 0 radical (unpaired) electrons. The molecule has 0 aromatic heterocycles. The predicted octanol–water partition coefficient (Wildman–Crippen LogP) is 4.23. The highest BCUT2D eigenvalue weighted by Crippen LogP contribution is 2.30. The zero-order valence-electron chi connectivity index (χ0n) is 17.0. The first-order valence-electron chi connectivity index (χ1n) is 9.87. The van der Waals surface area contributed by atoms with E-state index >= 15 is 0 Å². The maximum absolute atomic E-state index is 12.8. The summed E-state index contributed by atoms with van der Waals surface area (Å²) in [5.74, 6) is 0.0902. The van der Waals surface area contributed by atoms with Crippen LogP contribution in [0.4, 0.5) is 5.69 Å². The van der Waals surface area contributed by atoms with Crippen LogP contribution in [0.5, 0.6) is 5.75 Å². The molecule has 2 N–H and O–H groups in total. The monoisotopic (exact) mass is 458 g/mol. The van der Waals surface area contributed by atoms with Crippen molar-refractivity contribution in [3.05, 3.63) is 59.1 Å². The molecule has 31 heavy (non-hydrogen) atoms. The van der Waals surface area contributed by atoms with Crippen molar-refractivity contribution in [3.8, 4) is 5.75 Å². The van der Waals surface area contributed by atoms with Gasteiger partial charge >= 0.3 is 0 Å². The molecule has 0 bridgehead atoms. The molecule has 1 unspecified atom stereocenters. The molecule has 1 saturated heterocycles. The van der Waals surface area contributed by atoms with Crippen LogP contribution in [0.15, 0.2) is 58.7 Å². The number of nitrogens with zero attached hydrogens (tertiary/aromatic N) is 3. The third kappa shape index (κ3) is 6.08. The number of unbranched alkanes of at least 4 members (excludes halogenated alkanes) is 1. The quantitative estimate of drug-likeness (QED) is 0.210. The fraction of sp³-hybridized carbons (Fsp3) is 0.273. The lowest BCUT2D eigenvalue weighted by Gasteiger charge is -2.15. The highest BCUT2D eigenvalue weighted by Gasteiger charge is 2.40. The van der Waals surface area contributed by atoms with Gasteiger partial charge in [0, 0.05) is 17.0 Å². The summed E-state index contributed by atoms with van der Waals surface area (Å²) in [7, 11) is 0. The van der Waals surface area contributed by atoms with E-state index in [-0.39, 0.29) is 23.4 Å². The number of ether oxygens (including phenoxy) is 1. The Morgan fingerprint density at radius 1 is 1.26 bits per heavy atom. The number of rotatable bonds is 8. The Morgan fingerprint density at radius 3 is 2.71 bits per heavy atom. The molecule has 1 aliphatic heterocycles. The van der Waals surface area contributed by atoms with Crippen LogP contribution in [0, 0.1) is 0 Å². The molecule has 1 fully saturated rings. The van der Waals surface area contributed by atoms with Crippen molar-refractivity contribution in [3.63, 3.8) is 0 Å². The zero-order chi connectivity index (χ0) is 22.2. The molecule has 1 aliphatic rings. The van der Waals surface area contributed by atoms with Crippen LogP contribution >= 0.6 is 23.4 Å². The maximum atomic E-state index is 12.8. The molecule has 0 saturated carbocycles. The van der Waals surface area contributed by atoms with Crippen molar-refractivity contribution in [2.75, 3.05) is 11.5 Å². The van der Waals surface area contributed by atoms with Crippen molar-refractivity contribution in [1.82, 2.24) is 0 Å². The van der Waals surface area contributed by atoms with E-state index < -0.39 is 5.25 Å². The van der Waals surface area contributed by atoms with Crippen LogP contribution in [0.3, 0.4) is 0 Å². The number of nitrogens with two attached hydrogens (primary N) is 1. The smallest absolute Gasteiger partial charge is 0.247 e. The molecule has 3 rings (SSSR count). The van der Waals surface area contributed by atoms with E-state index in [2.05, 4.69) is 17.1 Å². The van der Waals surface area contributed by atoms with Gasteiger partial charge < -0.3 is 10.5 Å². The molecule has 2 amide bonds. The normalized spacial score (nSPS) is 17.0. The third-order valence-corrected chi connectivity index (χ3v) is 5.81. The van der Waals surface area contributed by atoms with Gasteiger partial charge in [-0.3, -0.25) is 9.59 Å². The van der Waals surface area contributed by atoms with Crippen LogP contribution in [0.2, 0.25) is 5.02 Å². The number of amidine groups is 1. The van der Waals surface area contributed by atoms with Crippen molar-refractivity contribution in [2.45, 2.75) is 31.4 Å². The van der Waals surface area contributed by atoms with Crippen LogP contribution in [0.1, 0.15) is 31.7 Å². The standard InChI is InChI=1S/C22H23ClN4O3S/c1-2-3-12-30-17-10-8-16(9-11-17)27-20(28)13-19(21(27)29)31-22(24)26-25-14-15-6-4-5-7-18(15)23/h4-11,14,19H,2-3,12-13H2,1H3,(H2,24,26). The Bertz CT molecular complexity index is 995. The predicted molar refractivity (Wildman–Crippen MR) is 126 cm³/mol. The Kier molecular flexibility index (Phi) is 8.08. The summed E-state index contributed by atoms with van der Waals surface area (Å²) >= 11 is 7.07. The molecular weight excluding hydrogens is 436 g/mol. The Morgan fingerprint density at radius 2 is 2.00 bits per heavy atom. The first-order chi connectivity index (χ1) is 15.0. The van der Waals surface area contributed by atoms with Crippen molar-refractivity contribution >= 4 is 52.2 Å². The van der Waals surface area contributed by atoms with Crippen LogP contribution < -0.4 is 15.4 Å². The number of carbonyl (C=O) groups is 2. The average molecular weight is 459 g/mol. The molecule has 7 nitrogen and oxygen atoms in total. The molecule has 9 heteroatoms. The molecule has 1 atom stereocenters. The minimum atomic E-state index is -0.646. The first-order valence-corrected chi connectivity index (χ1v) is 11.1. The summed E-state index contributed by atoms with van der Waals surface area (Å²) in [5, 5.41) is 7.80. The summed E-state index contributed by atoms with van der Waals surface area (Å²) in [5.41, 5.74) is 7.10. The summed E-state index contributed by atoms with van der Waals surface area (Å²) in [4.78, 5) is 26.4. The van der Waals surface area contributed by atoms with Gasteiger partial charge in [-0.05, 0) is 36.8 Å². The fourth-order valence-electron chi connectivity index (χ4n) is 2.89. The fourth-order valence-corrected chi connectivity index (χ4v) is 3.89. The molecule has 0 aliphatic carbocycles. The van der Waals surface area contributed by atoms with E-state index in [1.54, 1.807) is 36.4 Å². The van der Waals surface area contributed by atoms with Crippen LogP contribution in [-0.4, -0.2) is 35.1 Å². The number of hydrogen-bond acceptors (Lipinski definition) is 6. The van der Waals surface area contributed by atoms with Crippen molar-refractivity contribution in [1.29, 1.82) is 0 Å². The number of imide groups is 1. The number of halogens is 1. The SMILES string of the molecule is CCCCOc1ccc(N2C(=O)CC(SC(N)=NN=Cc3ccccc3Cl)C2=O)cc1. The summed E-state index contributed by atoms with van der Waals surface area (Å²) in [6, 6.07) is 14.1. The van der Waals surface area contributed by atoms with E-state index in [9.17, 15) is 9.59 Å². The van der Waals surface area contributed by atoms with E-state index in [1.165, 1.54) is 11.1 Å². The zero-order valence-corrected chi connectivity index (χ0v) is 18.6. The highest BCUT2D eigenvalue weighted by atomic mass is 35.5. The number of benzene rings is 2. The van der Waals surface area contributed by atoms with Gasteiger partial charge in [0.25, 0.3) is 0 Å². The number of carbonyl (C=O) groups excluding carboxylic acids is 2. The average Bonchev–Trinajstić information content (AvgIpc) is 3.03. The Labute approximate surface area is 190 Å². The van der Waals surface area contributed by atoms with Crippen molar-refractivity contribution < 1.29 is 14.3 Å². The second-order valence-electron chi connectivity index (χ2n) is 6.78. The highest BCUT2D eigenvalue weighted by molar-refractivity contribution is 8.14. The summed E-state index contributed by atoms with van der Waals surface area (Å²) < 4.78 is 5.62. The molecule has 162 valence electrons. The third-order valence-electron chi connectivity index (χ3n) is 4.49. The van der Waals surface area contributed by atoms with E-state index in [4.69, 9.17) is 22.1 Å². The second-order valence-corrected chi connectivity index (χ2v) is 8.41. The van der Waals surface area contributed by atoms with Crippen LogP contribution in [-0.2, 0) is 9.59 Å². The van der Waals surface area contributed by atoms with Gasteiger partial charge in [0.15, 0.2) is 5.17 Å². The van der Waals surface area contributed by atoms with E-state index in [1.807, 2.05) is 12.1 Å². The van der Waals surface area contributed by atoms with E-state index in [0.717, 1.165) is 24.6 Å². The topological polar surface area (TPSA) is 97.3 Å². The Balaban J connectivity index is 1.61. The summed E-state index contributed by atoms with van der Waals surface area (Å²) in [6.07, 6.45) is 3.54.